The molecule has 0 saturated heterocycles. The summed E-state index contributed by atoms with van der Waals surface area (Å²) in [6.45, 7) is 0.923. The maximum Gasteiger partial charge on any atom is 0.323 e. The van der Waals surface area contributed by atoms with Crippen molar-refractivity contribution in [3.63, 3.8) is 0 Å². The first-order valence-electron chi connectivity index (χ1n) is 7.53. The predicted octanol–water partition coefficient (Wildman–Crippen LogP) is 2.17. The van der Waals surface area contributed by atoms with Crippen LogP contribution in [-0.4, -0.2) is 58.8 Å². The van der Waals surface area contributed by atoms with E-state index in [1.165, 1.54) is 0 Å². The number of hydrogen-bond acceptors (Lipinski definition) is 5. The normalized spacial score (nSPS) is 12.2. The molecule has 0 fully saturated rings. The highest BCUT2D eigenvalue weighted by molar-refractivity contribution is 7.98. The average Bonchev–Trinajstić information content (AvgIpc) is 2.93. The zero-order chi connectivity index (χ0) is 17.5. The molecule has 2 aromatic rings. The summed E-state index contributed by atoms with van der Waals surface area (Å²) >= 11 is 1.61. The van der Waals surface area contributed by atoms with Crippen molar-refractivity contribution in [2.45, 2.75) is 17.5 Å². The van der Waals surface area contributed by atoms with E-state index in [2.05, 4.69) is 15.7 Å². The Labute approximate surface area is 146 Å². The van der Waals surface area contributed by atoms with Gasteiger partial charge in [-0.1, -0.05) is 6.07 Å². The number of rotatable bonds is 7. The molecule has 24 heavy (non-hydrogen) atoms. The number of hydrogen-bond donors (Lipinski definition) is 3. The number of thioether (sulfide) groups is 1. The van der Waals surface area contributed by atoms with Crippen molar-refractivity contribution in [2.75, 3.05) is 37.5 Å². The molecule has 0 aliphatic carbocycles. The van der Waals surface area contributed by atoms with Crippen molar-refractivity contribution in [1.29, 1.82) is 0 Å². The van der Waals surface area contributed by atoms with Crippen molar-refractivity contribution in [2.24, 2.45) is 0 Å². The topological polar surface area (TPSA) is 82.4 Å². The van der Waals surface area contributed by atoms with Gasteiger partial charge in [-0.3, -0.25) is 4.68 Å². The Morgan fingerprint density at radius 2 is 2.12 bits per heavy atom. The van der Waals surface area contributed by atoms with Gasteiger partial charge in [0, 0.05) is 23.3 Å². The second-order valence-electron chi connectivity index (χ2n) is 5.68. The number of aromatic nitrogens is 2. The third-order valence-corrected chi connectivity index (χ3v) is 3.92. The minimum Gasteiger partial charge on any atom is -0.390 e. The van der Waals surface area contributed by atoms with Crippen molar-refractivity contribution in [3.8, 4) is 0 Å². The lowest BCUT2D eigenvalue weighted by Crippen LogP contribution is -2.29. The molecule has 8 heteroatoms. The molecule has 1 aromatic heterocycles. The highest BCUT2D eigenvalue weighted by atomic mass is 32.2. The van der Waals surface area contributed by atoms with E-state index in [-0.39, 0.29) is 6.03 Å². The van der Waals surface area contributed by atoms with Crippen LogP contribution in [0.4, 0.5) is 16.2 Å². The Bertz CT molecular complexity index is 674. The molecule has 0 aliphatic heterocycles. The summed E-state index contributed by atoms with van der Waals surface area (Å²) in [6.07, 6.45) is 4.71. The van der Waals surface area contributed by atoms with Crippen LogP contribution in [0.3, 0.4) is 0 Å². The van der Waals surface area contributed by atoms with E-state index in [9.17, 15) is 9.90 Å². The SMILES string of the molecule is CSc1cccc(NC(=O)Nc2cnn(C[C@@H](O)CN(C)C)c2)c1. The summed E-state index contributed by atoms with van der Waals surface area (Å²) in [6, 6.07) is 7.29. The second-order valence-corrected chi connectivity index (χ2v) is 6.56. The summed E-state index contributed by atoms with van der Waals surface area (Å²) in [5.41, 5.74) is 1.30. The van der Waals surface area contributed by atoms with Crippen LogP contribution < -0.4 is 10.6 Å². The molecule has 0 bridgehead atoms. The van der Waals surface area contributed by atoms with Crippen LogP contribution in [0, 0.1) is 0 Å². The first-order valence-corrected chi connectivity index (χ1v) is 8.76. The van der Waals surface area contributed by atoms with Crippen molar-refractivity contribution >= 4 is 29.2 Å². The molecule has 0 aliphatic rings. The summed E-state index contributed by atoms with van der Waals surface area (Å²) < 4.78 is 1.61. The van der Waals surface area contributed by atoms with E-state index >= 15 is 0 Å². The molecule has 0 unspecified atom stereocenters. The number of aliphatic hydroxyl groups excluding tert-OH is 1. The largest absolute Gasteiger partial charge is 0.390 e. The standard InChI is InChI=1S/C16H23N5O2S/c1-20(2)10-14(22)11-21-9-13(8-17-21)19-16(23)18-12-5-4-6-15(7-12)24-3/h4-9,14,22H,10-11H2,1-3H3,(H2,18,19,23)/t14-/m0/s1. The van der Waals surface area contributed by atoms with Gasteiger partial charge in [-0.25, -0.2) is 4.79 Å². The zero-order valence-electron chi connectivity index (χ0n) is 14.1. The number of nitrogens with one attached hydrogen (secondary N) is 2. The minimum absolute atomic E-state index is 0.332. The van der Waals surface area contributed by atoms with Crippen LogP contribution in [0.15, 0.2) is 41.6 Å². The van der Waals surface area contributed by atoms with E-state index in [1.807, 2.05) is 49.5 Å². The molecule has 1 heterocycles. The number of benzene rings is 1. The highest BCUT2D eigenvalue weighted by Crippen LogP contribution is 2.19. The van der Waals surface area contributed by atoms with Gasteiger partial charge >= 0.3 is 6.03 Å². The van der Waals surface area contributed by atoms with Gasteiger partial charge in [0.2, 0.25) is 0 Å². The fourth-order valence-electron chi connectivity index (χ4n) is 2.22. The fourth-order valence-corrected chi connectivity index (χ4v) is 2.68. The van der Waals surface area contributed by atoms with Crippen LogP contribution in [0.25, 0.3) is 0 Å². The molecule has 2 amide bonds. The van der Waals surface area contributed by atoms with Gasteiger partial charge in [0.15, 0.2) is 0 Å². The molecule has 1 aromatic carbocycles. The molecule has 130 valence electrons. The Kier molecular flexibility index (Phi) is 6.65. The number of carbonyl (C=O) groups excluding carboxylic acids is 1. The molecule has 1 atom stereocenters. The molecule has 0 spiro atoms. The quantitative estimate of drug-likeness (QED) is 0.668. The van der Waals surface area contributed by atoms with E-state index < -0.39 is 6.10 Å². The van der Waals surface area contributed by atoms with Crippen molar-refractivity contribution in [3.05, 3.63) is 36.7 Å². The molecule has 2 rings (SSSR count). The maximum absolute atomic E-state index is 12.0. The molecule has 0 saturated carbocycles. The number of carbonyl (C=O) groups is 1. The predicted molar refractivity (Wildman–Crippen MR) is 97.7 cm³/mol. The Hall–Kier alpha value is -2.03. The Balaban J connectivity index is 1.88. The lowest BCUT2D eigenvalue weighted by atomic mass is 10.3. The van der Waals surface area contributed by atoms with Gasteiger partial charge in [-0.05, 0) is 38.6 Å². The monoisotopic (exact) mass is 349 g/mol. The molecule has 0 radical (unpaired) electrons. The molecule has 3 N–H and O–H groups in total. The van der Waals surface area contributed by atoms with Gasteiger partial charge in [0.25, 0.3) is 0 Å². The van der Waals surface area contributed by atoms with Gasteiger partial charge in [0.1, 0.15) is 0 Å². The first kappa shape index (κ1) is 18.3. The average molecular weight is 349 g/mol. The van der Waals surface area contributed by atoms with Crippen LogP contribution in [0.5, 0.6) is 0 Å². The number of anilines is 2. The van der Waals surface area contributed by atoms with Gasteiger partial charge < -0.3 is 20.6 Å². The molecule has 7 nitrogen and oxygen atoms in total. The van der Waals surface area contributed by atoms with Crippen LogP contribution in [0.2, 0.25) is 0 Å². The molecular weight excluding hydrogens is 326 g/mol. The summed E-state index contributed by atoms with van der Waals surface area (Å²) in [7, 11) is 3.80. The maximum atomic E-state index is 12.0. The lowest BCUT2D eigenvalue weighted by molar-refractivity contribution is 0.116. The van der Waals surface area contributed by atoms with Crippen molar-refractivity contribution in [1.82, 2.24) is 14.7 Å². The summed E-state index contributed by atoms with van der Waals surface area (Å²) in [5, 5.41) is 19.6. The van der Waals surface area contributed by atoms with E-state index in [1.54, 1.807) is 28.8 Å². The molecular formula is C16H23N5O2S. The number of aliphatic hydroxyl groups is 1. The lowest BCUT2D eigenvalue weighted by Gasteiger charge is -2.15. The Morgan fingerprint density at radius 1 is 1.38 bits per heavy atom. The third-order valence-electron chi connectivity index (χ3n) is 3.19. The first-order chi connectivity index (χ1) is 11.5. The van der Waals surface area contributed by atoms with Gasteiger partial charge in [0.05, 0.1) is 24.5 Å². The second kappa shape index (κ2) is 8.72. The van der Waals surface area contributed by atoms with E-state index in [0.717, 1.165) is 10.6 Å². The smallest absolute Gasteiger partial charge is 0.323 e. The van der Waals surface area contributed by atoms with Crippen LogP contribution in [0.1, 0.15) is 0 Å². The number of nitrogens with zero attached hydrogens (tertiary/aromatic N) is 3. The summed E-state index contributed by atoms with van der Waals surface area (Å²) in [5.74, 6) is 0. The van der Waals surface area contributed by atoms with Crippen molar-refractivity contribution < 1.29 is 9.90 Å². The van der Waals surface area contributed by atoms with Gasteiger partial charge in [-0.15, -0.1) is 11.8 Å². The van der Waals surface area contributed by atoms with E-state index in [0.29, 0.717) is 18.8 Å². The summed E-state index contributed by atoms with van der Waals surface area (Å²) in [4.78, 5) is 15.0. The number of likely N-dealkylation sites (N-methyl/N-ethyl adjacent to an activating group) is 1. The van der Waals surface area contributed by atoms with Crippen LogP contribution in [-0.2, 0) is 6.54 Å². The minimum atomic E-state index is -0.518. The fraction of sp³-hybridized carbons (Fsp3) is 0.375. The number of amides is 2. The third kappa shape index (κ3) is 5.88. The van der Waals surface area contributed by atoms with Gasteiger partial charge in [-0.2, -0.15) is 5.10 Å². The van der Waals surface area contributed by atoms with E-state index in [4.69, 9.17) is 0 Å². The van der Waals surface area contributed by atoms with Crippen LogP contribution >= 0.6 is 11.8 Å². The zero-order valence-corrected chi connectivity index (χ0v) is 14.9. The Morgan fingerprint density at radius 3 is 2.83 bits per heavy atom. The number of urea groups is 1. The highest BCUT2D eigenvalue weighted by Gasteiger charge is 2.09.